The van der Waals surface area contributed by atoms with Gasteiger partial charge in [-0.25, -0.2) is 0 Å². The Hall–Kier alpha value is -1.08. The van der Waals surface area contributed by atoms with Gasteiger partial charge in [-0.15, -0.1) is 0 Å². The topological polar surface area (TPSA) is 9.23 Å². The molecule has 1 aliphatic carbocycles. The normalized spacial score (nSPS) is 26.6. The molecule has 0 aromatic heterocycles. The molecule has 0 radical (unpaired) electrons. The lowest BCUT2D eigenvalue weighted by Crippen LogP contribution is -2.22. The molecule has 2 atom stereocenters. The van der Waals surface area contributed by atoms with Gasteiger partial charge in [-0.05, 0) is 36.3 Å². The second kappa shape index (κ2) is 4.63. The van der Waals surface area contributed by atoms with E-state index in [0.717, 1.165) is 12.8 Å². The molecule has 0 spiro atoms. The fourth-order valence-electron chi connectivity index (χ4n) is 2.35. The Morgan fingerprint density at radius 3 is 2.67 bits per heavy atom. The fraction of sp³-hybridized carbons (Fsp3) is 0.429. The highest BCUT2D eigenvalue weighted by atomic mass is 16.5. The zero-order valence-corrected chi connectivity index (χ0v) is 9.28. The van der Waals surface area contributed by atoms with E-state index in [9.17, 15) is 0 Å². The van der Waals surface area contributed by atoms with Crippen LogP contribution in [0.15, 0.2) is 42.5 Å². The molecule has 15 heavy (non-hydrogen) atoms. The van der Waals surface area contributed by atoms with E-state index >= 15 is 0 Å². The van der Waals surface area contributed by atoms with E-state index in [0.29, 0.717) is 5.92 Å². The van der Waals surface area contributed by atoms with Gasteiger partial charge in [0.05, 0.1) is 6.10 Å². The van der Waals surface area contributed by atoms with Gasteiger partial charge in [0.25, 0.3) is 0 Å². The van der Waals surface area contributed by atoms with Crippen LogP contribution >= 0.6 is 0 Å². The monoisotopic (exact) mass is 202 g/mol. The largest absolute Gasteiger partial charge is 0.377 e. The van der Waals surface area contributed by atoms with Crippen LogP contribution in [-0.4, -0.2) is 13.2 Å². The van der Waals surface area contributed by atoms with Crippen LogP contribution in [-0.2, 0) is 4.74 Å². The molecular formula is C14H18O. The van der Waals surface area contributed by atoms with E-state index in [1.807, 2.05) is 0 Å². The van der Waals surface area contributed by atoms with Gasteiger partial charge >= 0.3 is 0 Å². The molecule has 2 rings (SSSR count). The highest BCUT2D eigenvalue weighted by Gasteiger charge is 2.25. The van der Waals surface area contributed by atoms with Crippen molar-refractivity contribution < 1.29 is 4.74 Å². The predicted octanol–water partition coefficient (Wildman–Crippen LogP) is 3.53. The molecule has 80 valence electrons. The maximum atomic E-state index is 5.46. The van der Waals surface area contributed by atoms with Crippen molar-refractivity contribution in [2.24, 2.45) is 0 Å². The van der Waals surface area contributed by atoms with Crippen molar-refractivity contribution in [2.45, 2.75) is 31.3 Å². The minimum atomic E-state index is 0.254. The van der Waals surface area contributed by atoms with Crippen LogP contribution in [0.1, 0.15) is 30.7 Å². The van der Waals surface area contributed by atoms with E-state index < -0.39 is 0 Å². The minimum absolute atomic E-state index is 0.254. The standard InChI is InChI=1S/C14H18O/c1-11-8-9-13(10-14(11)15-2)12-6-4-3-5-7-12/h3-7,13-14H,1,8-10H2,2H3. The summed E-state index contributed by atoms with van der Waals surface area (Å²) in [6.45, 7) is 4.07. The summed E-state index contributed by atoms with van der Waals surface area (Å²) in [7, 11) is 1.78. The minimum Gasteiger partial charge on any atom is -0.377 e. The molecule has 1 aliphatic rings. The molecular weight excluding hydrogens is 184 g/mol. The Morgan fingerprint density at radius 1 is 1.27 bits per heavy atom. The Bertz CT molecular complexity index is 328. The van der Waals surface area contributed by atoms with Gasteiger partial charge in [0.1, 0.15) is 0 Å². The summed E-state index contributed by atoms with van der Waals surface area (Å²) in [5.41, 5.74) is 2.69. The van der Waals surface area contributed by atoms with Crippen molar-refractivity contribution in [3.05, 3.63) is 48.0 Å². The lowest BCUT2D eigenvalue weighted by atomic mass is 9.80. The third kappa shape index (κ3) is 2.29. The SMILES string of the molecule is C=C1CCC(c2ccccc2)CC1OC. The van der Waals surface area contributed by atoms with Gasteiger partial charge in [0.2, 0.25) is 0 Å². The first-order valence-corrected chi connectivity index (χ1v) is 5.56. The smallest absolute Gasteiger partial charge is 0.0784 e. The number of benzene rings is 1. The third-order valence-electron chi connectivity index (χ3n) is 3.32. The second-order valence-corrected chi connectivity index (χ2v) is 4.26. The van der Waals surface area contributed by atoms with Crippen molar-refractivity contribution in [2.75, 3.05) is 7.11 Å². The summed E-state index contributed by atoms with van der Waals surface area (Å²) in [5, 5.41) is 0. The van der Waals surface area contributed by atoms with Gasteiger partial charge in [0, 0.05) is 7.11 Å². The predicted molar refractivity (Wildman–Crippen MR) is 63.0 cm³/mol. The molecule has 1 saturated carbocycles. The van der Waals surface area contributed by atoms with Crippen molar-refractivity contribution in [3.8, 4) is 0 Å². The number of hydrogen-bond acceptors (Lipinski definition) is 1. The molecule has 2 unspecified atom stereocenters. The average Bonchev–Trinajstić information content (AvgIpc) is 2.31. The van der Waals surface area contributed by atoms with Gasteiger partial charge in [-0.3, -0.25) is 0 Å². The van der Waals surface area contributed by atoms with Crippen LogP contribution in [0.4, 0.5) is 0 Å². The molecule has 1 aromatic carbocycles. The molecule has 1 fully saturated rings. The average molecular weight is 202 g/mol. The third-order valence-corrected chi connectivity index (χ3v) is 3.32. The van der Waals surface area contributed by atoms with Crippen LogP contribution in [0.5, 0.6) is 0 Å². The summed E-state index contributed by atoms with van der Waals surface area (Å²) in [4.78, 5) is 0. The molecule has 0 aliphatic heterocycles. The zero-order chi connectivity index (χ0) is 10.7. The van der Waals surface area contributed by atoms with Crippen molar-refractivity contribution in [1.82, 2.24) is 0 Å². The number of rotatable bonds is 2. The number of methoxy groups -OCH3 is 1. The van der Waals surface area contributed by atoms with Crippen LogP contribution in [0.3, 0.4) is 0 Å². The van der Waals surface area contributed by atoms with Gasteiger partial charge in [-0.2, -0.15) is 0 Å². The van der Waals surface area contributed by atoms with Gasteiger partial charge in [-0.1, -0.05) is 36.9 Å². The first kappa shape index (κ1) is 10.4. The Morgan fingerprint density at radius 2 is 2.00 bits per heavy atom. The number of ether oxygens (including phenoxy) is 1. The summed E-state index contributed by atoms with van der Waals surface area (Å²) >= 11 is 0. The molecule has 0 saturated heterocycles. The van der Waals surface area contributed by atoms with Gasteiger partial charge in [0.15, 0.2) is 0 Å². The maximum absolute atomic E-state index is 5.46. The quantitative estimate of drug-likeness (QED) is 0.667. The van der Waals surface area contributed by atoms with Crippen molar-refractivity contribution in [1.29, 1.82) is 0 Å². The Balaban J connectivity index is 2.09. The molecule has 0 bridgehead atoms. The Kier molecular flexibility index (Phi) is 3.22. The van der Waals surface area contributed by atoms with E-state index in [1.165, 1.54) is 17.6 Å². The molecule has 0 amide bonds. The molecule has 0 heterocycles. The first-order chi connectivity index (χ1) is 7.31. The second-order valence-electron chi connectivity index (χ2n) is 4.26. The van der Waals surface area contributed by atoms with Gasteiger partial charge < -0.3 is 4.74 Å². The van der Waals surface area contributed by atoms with Crippen LogP contribution in [0, 0.1) is 0 Å². The number of hydrogen-bond donors (Lipinski definition) is 0. The first-order valence-electron chi connectivity index (χ1n) is 5.56. The van der Waals surface area contributed by atoms with E-state index in [1.54, 1.807) is 7.11 Å². The fourth-order valence-corrected chi connectivity index (χ4v) is 2.35. The zero-order valence-electron chi connectivity index (χ0n) is 9.28. The van der Waals surface area contributed by atoms with Crippen LogP contribution in [0.2, 0.25) is 0 Å². The van der Waals surface area contributed by atoms with Crippen LogP contribution < -0.4 is 0 Å². The van der Waals surface area contributed by atoms with E-state index in [2.05, 4.69) is 36.9 Å². The van der Waals surface area contributed by atoms with E-state index in [4.69, 9.17) is 4.74 Å². The summed E-state index contributed by atoms with van der Waals surface area (Å²) in [5.74, 6) is 0.640. The lowest BCUT2D eigenvalue weighted by Gasteiger charge is -2.30. The highest BCUT2D eigenvalue weighted by Crippen LogP contribution is 2.35. The summed E-state index contributed by atoms with van der Waals surface area (Å²) in [6, 6.07) is 10.7. The highest BCUT2D eigenvalue weighted by molar-refractivity contribution is 5.23. The molecule has 1 aromatic rings. The Labute approximate surface area is 91.8 Å². The van der Waals surface area contributed by atoms with Crippen molar-refractivity contribution in [3.63, 3.8) is 0 Å². The van der Waals surface area contributed by atoms with Crippen LogP contribution in [0.25, 0.3) is 0 Å². The summed E-state index contributed by atoms with van der Waals surface area (Å²) in [6.07, 6.45) is 3.64. The van der Waals surface area contributed by atoms with E-state index in [-0.39, 0.29) is 6.10 Å². The summed E-state index contributed by atoms with van der Waals surface area (Å²) < 4.78 is 5.46. The lowest BCUT2D eigenvalue weighted by molar-refractivity contribution is 0.102. The molecule has 0 N–H and O–H groups in total. The van der Waals surface area contributed by atoms with Crippen molar-refractivity contribution >= 4 is 0 Å². The maximum Gasteiger partial charge on any atom is 0.0784 e. The molecule has 1 nitrogen and oxygen atoms in total. The molecule has 1 heteroatoms.